The van der Waals surface area contributed by atoms with Crippen LogP contribution in [-0.4, -0.2) is 41.5 Å². The Kier molecular flexibility index (Phi) is 5.76. The quantitative estimate of drug-likeness (QED) is 0.811. The summed E-state index contributed by atoms with van der Waals surface area (Å²) in [5, 5.41) is 0.847. The number of rotatable bonds is 5. The predicted molar refractivity (Wildman–Crippen MR) is 103 cm³/mol. The smallest absolute Gasteiger partial charge is 0.309 e. The van der Waals surface area contributed by atoms with Gasteiger partial charge in [-0.25, -0.2) is 4.98 Å². The maximum Gasteiger partial charge on any atom is 0.309 e. The molecule has 2 N–H and O–H groups in total. The summed E-state index contributed by atoms with van der Waals surface area (Å²) < 4.78 is 5.08. The van der Waals surface area contributed by atoms with Crippen LogP contribution in [0, 0.1) is 5.92 Å². The highest BCUT2D eigenvalue weighted by Crippen LogP contribution is 2.34. The molecule has 0 bridgehead atoms. The van der Waals surface area contributed by atoms with E-state index in [2.05, 4.69) is 11.9 Å². The molecule has 140 valence electrons. The van der Waals surface area contributed by atoms with Gasteiger partial charge in [0.15, 0.2) is 0 Å². The molecule has 3 rings (SSSR count). The van der Waals surface area contributed by atoms with Gasteiger partial charge in [0.2, 0.25) is 0 Å². The number of ether oxygens (including phenoxy) is 1. The van der Waals surface area contributed by atoms with Crippen LogP contribution in [-0.2, 0) is 16.0 Å². The normalized spacial score (nSPS) is 15.4. The number of hydrogen-bond acceptors (Lipinski definition) is 6. The lowest BCUT2D eigenvalue weighted by Crippen LogP contribution is -2.40. The number of nitrogens with two attached hydrogens (primary N) is 1. The second-order valence-corrected chi connectivity index (χ2v) is 7.57. The number of amides is 1. The monoisotopic (exact) mass is 375 g/mol. The zero-order chi connectivity index (χ0) is 18.7. The van der Waals surface area contributed by atoms with Crippen molar-refractivity contribution in [3.8, 4) is 0 Å². The van der Waals surface area contributed by atoms with E-state index in [1.807, 2.05) is 12.1 Å². The Hall–Kier alpha value is -2.15. The van der Waals surface area contributed by atoms with Crippen molar-refractivity contribution in [1.82, 2.24) is 9.88 Å². The number of hydrogen-bond donors (Lipinski definition) is 1. The highest BCUT2D eigenvalue weighted by molar-refractivity contribution is 7.21. The first-order valence-corrected chi connectivity index (χ1v) is 10.0. The second kappa shape index (κ2) is 8.03. The fraction of sp³-hybridized carbons (Fsp3) is 0.526. The van der Waals surface area contributed by atoms with Crippen LogP contribution in [0.15, 0.2) is 12.1 Å². The molecular formula is C19H25N3O3S. The molecular weight excluding hydrogens is 350 g/mol. The van der Waals surface area contributed by atoms with Gasteiger partial charge in [0.25, 0.3) is 5.91 Å². The summed E-state index contributed by atoms with van der Waals surface area (Å²) in [5.41, 5.74) is 7.77. The number of piperidine rings is 1. The zero-order valence-corrected chi connectivity index (χ0v) is 16.1. The maximum atomic E-state index is 12.9. The first-order chi connectivity index (χ1) is 12.5. The molecule has 6 nitrogen and oxygen atoms in total. The molecule has 0 spiro atoms. The number of likely N-dealkylation sites (tertiary alicyclic amines) is 1. The third kappa shape index (κ3) is 3.67. The molecule has 2 aromatic heterocycles. The number of aryl methyl sites for hydroxylation is 1. The number of thiophene rings is 1. The van der Waals surface area contributed by atoms with Crippen molar-refractivity contribution < 1.29 is 14.3 Å². The Balaban J connectivity index is 1.74. The summed E-state index contributed by atoms with van der Waals surface area (Å²) in [4.78, 5) is 32.6. The van der Waals surface area contributed by atoms with Crippen LogP contribution < -0.4 is 5.73 Å². The topological polar surface area (TPSA) is 85.5 Å². The summed E-state index contributed by atoms with van der Waals surface area (Å²) in [5.74, 6) is -0.337. The standard InChI is InChI=1S/C19H25N3O3S/c1-3-5-13-6-7-14-15(20)16(26-17(14)21-13)18(23)22-10-8-12(9-11-22)19(24)25-4-2/h6-7,12H,3-5,8-11,20H2,1-2H3. The number of nitrogen functional groups attached to an aromatic ring is 1. The average molecular weight is 375 g/mol. The van der Waals surface area contributed by atoms with Crippen LogP contribution in [0.4, 0.5) is 5.69 Å². The van der Waals surface area contributed by atoms with Crippen molar-refractivity contribution in [3.05, 3.63) is 22.7 Å². The molecule has 1 aliphatic rings. The third-order valence-electron chi connectivity index (χ3n) is 4.75. The first-order valence-electron chi connectivity index (χ1n) is 9.18. The molecule has 0 aliphatic carbocycles. The molecule has 0 saturated carbocycles. The van der Waals surface area contributed by atoms with Crippen molar-refractivity contribution >= 4 is 39.1 Å². The van der Waals surface area contributed by atoms with Gasteiger partial charge in [0, 0.05) is 24.2 Å². The Bertz CT molecular complexity index is 810. The highest BCUT2D eigenvalue weighted by Gasteiger charge is 2.30. The predicted octanol–water partition coefficient (Wildman–Crippen LogP) is 3.25. The summed E-state index contributed by atoms with van der Waals surface area (Å²) in [6.45, 7) is 5.41. The van der Waals surface area contributed by atoms with E-state index in [0.717, 1.165) is 28.8 Å². The number of pyridine rings is 1. The Morgan fingerprint density at radius 1 is 1.31 bits per heavy atom. The van der Waals surface area contributed by atoms with Gasteiger partial charge in [0.05, 0.1) is 18.2 Å². The van der Waals surface area contributed by atoms with Gasteiger partial charge in [0.1, 0.15) is 9.71 Å². The van der Waals surface area contributed by atoms with E-state index in [1.165, 1.54) is 11.3 Å². The SMILES string of the molecule is CCCc1ccc2c(N)c(C(=O)N3CCC(C(=O)OCC)CC3)sc2n1. The zero-order valence-electron chi connectivity index (χ0n) is 15.3. The molecule has 1 fully saturated rings. The minimum atomic E-state index is -0.159. The lowest BCUT2D eigenvalue weighted by molar-refractivity contribution is -0.149. The van der Waals surface area contributed by atoms with E-state index in [1.54, 1.807) is 11.8 Å². The molecule has 0 aromatic carbocycles. The number of fused-ring (bicyclic) bond motifs is 1. The van der Waals surface area contributed by atoms with E-state index in [0.29, 0.717) is 43.1 Å². The minimum absolute atomic E-state index is 0.0650. The fourth-order valence-electron chi connectivity index (χ4n) is 3.31. The summed E-state index contributed by atoms with van der Waals surface area (Å²) in [7, 11) is 0. The molecule has 1 aliphatic heterocycles. The van der Waals surface area contributed by atoms with Crippen LogP contribution in [0.1, 0.15) is 48.5 Å². The molecule has 3 heterocycles. The lowest BCUT2D eigenvalue weighted by Gasteiger charge is -2.30. The molecule has 26 heavy (non-hydrogen) atoms. The van der Waals surface area contributed by atoms with Crippen LogP contribution >= 0.6 is 11.3 Å². The van der Waals surface area contributed by atoms with Gasteiger partial charge < -0.3 is 15.4 Å². The van der Waals surface area contributed by atoms with Gasteiger partial charge in [-0.3, -0.25) is 9.59 Å². The molecule has 0 unspecified atom stereocenters. The number of carbonyl (C=O) groups excluding carboxylic acids is 2. The van der Waals surface area contributed by atoms with Gasteiger partial charge in [-0.05, 0) is 38.3 Å². The number of carbonyl (C=O) groups is 2. The fourth-order valence-corrected chi connectivity index (χ4v) is 4.39. The Morgan fingerprint density at radius 2 is 2.04 bits per heavy atom. The Labute approximate surface area is 157 Å². The third-order valence-corrected chi connectivity index (χ3v) is 5.86. The van der Waals surface area contributed by atoms with Gasteiger partial charge in [-0.2, -0.15) is 0 Å². The first kappa shape index (κ1) is 18.6. The Morgan fingerprint density at radius 3 is 2.69 bits per heavy atom. The molecule has 1 saturated heterocycles. The lowest BCUT2D eigenvalue weighted by atomic mass is 9.97. The average Bonchev–Trinajstić information content (AvgIpc) is 2.98. The number of aromatic nitrogens is 1. The van der Waals surface area contributed by atoms with Crippen molar-refractivity contribution in [2.75, 3.05) is 25.4 Å². The molecule has 1 amide bonds. The van der Waals surface area contributed by atoms with E-state index >= 15 is 0 Å². The van der Waals surface area contributed by atoms with E-state index in [4.69, 9.17) is 10.5 Å². The summed E-state index contributed by atoms with van der Waals surface area (Å²) >= 11 is 1.36. The minimum Gasteiger partial charge on any atom is -0.466 e. The molecule has 7 heteroatoms. The van der Waals surface area contributed by atoms with Crippen molar-refractivity contribution in [2.45, 2.75) is 39.5 Å². The molecule has 2 aromatic rings. The van der Waals surface area contributed by atoms with E-state index in [9.17, 15) is 9.59 Å². The van der Waals surface area contributed by atoms with Gasteiger partial charge >= 0.3 is 5.97 Å². The van der Waals surface area contributed by atoms with Crippen LogP contribution in [0.5, 0.6) is 0 Å². The van der Waals surface area contributed by atoms with Gasteiger partial charge in [-0.15, -0.1) is 11.3 Å². The highest BCUT2D eigenvalue weighted by atomic mass is 32.1. The summed E-state index contributed by atoms with van der Waals surface area (Å²) in [6.07, 6.45) is 3.21. The van der Waals surface area contributed by atoms with Gasteiger partial charge in [-0.1, -0.05) is 13.3 Å². The second-order valence-electron chi connectivity index (χ2n) is 6.57. The van der Waals surface area contributed by atoms with Crippen molar-refractivity contribution in [3.63, 3.8) is 0 Å². The molecule has 0 radical (unpaired) electrons. The van der Waals surface area contributed by atoms with E-state index < -0.39 is 0 Å². The van der Waals surface area contributed by atoms with Crippen molar-refractivity contribution in [1.29, 1.82) is 0 Å². The maximum absolute atomic E-state index is 12.9. The van der Waals surface area contributed by atoms with Crippen LogP contribution in [0.3, 0.4) is 0 Å². The number of esters is 1. The largest absolute Gasteiger partial charge is 0.466 e. The molecule has 0 atom stereocenters. The number of anilines is 1. The van der Waals surface area contributed by atoms with Crippen molar-refractivity contribution in [2.24, 2.45) is 5.92 Å². The number of nitrogens with zero attached hydrogens (tertiary/aromatic N) is 2. The van der Waals surface area contributed by atoms with E-state index in [-0.39, 0.29) is 17.8 Å². The van der Waals surface area contributed by atoms with Crippen LogP contribution in [0.25, 0.3) is 10.2 Å². The van der Waals surface area contributed by atoms with Crippen LogP contribution in [0.2, 0.25) is 0 Å². The summed E-state index contributed by atoms with van der Waals surface area (Å²) in [6, 6.07) is 3.94.